The third-order valence-electron chi connectivity index (χ3n) is 1.41. The van der Waals surface area contributed by atoms with Gasteiger partial charge in [-0.05, 0) is 13.8 Å². The number of hydrogen-bond acceptors (Lipinski definition) is 2. The van der Waals surface area contributed by atoms with E-state index in [0.717, 1.165) is 6.42 Å². The van der Waals surface area contributed by atoms with Crippen LogP contribution in [0, 0.1) is 0 Å². The lowest BCUT2D eigenvalue weighted by Gasteiger charge is -2.10. The molecule has 1 aliphatic heterocycles. The summed E-state index contributed by atoms with van der Waals surface area (Å²) < 4.78 is 5.12. The number of rotatable bonds is 0. The Bertz CT molecular complexity index is 89.3. The number of hydrogen-bond donors (Lipinski definition) is 1. The average Bonchev–Trinajstić information content (AvgIpc) is 2.15. The maximum absolute atomic E-state index is 9.24. The van der Waals surface area contributed by atoms with Crippen LogP contribution in [0.15, 0.2) is 0 Å². The zero-order chi connectivity index (χ0) is 8.20. The van der Waals surface area contributed by atoms with E-state index in [0.29, 0.717) is 6.61 Å². The summed E-state index contributed by atoms with van der Waals surface area (Å²) in [6.45, 7) is 8.27. The molecule has 0 bridgehead atoms. The molecule has 0 spiro atoms. The Balaban J connectivity index is 0.000000371. The summed E-state index contributed by atoms with van der Waals surface area (Å²) in [5.74, 6) is 0. The summed E-state index contributed by atoms with van der Waals surface area (Å²) in [5.41, 5.74) is -0.556. The van der Waals surface area contributed by atoms with Crippen LogP contribution in [-0.4, -0.2) is 23.4 Å². The minimum absolute atomic E-state index is 0.241. The van der Waals surface area contributed by atoms with Gasteiger partial charge < -0.3 is 9.84 Å². The molecule has 1 fully saturated rings. The fourth-order valence-electron chi connectivity index (χ4n) is 1.06. The van der Waals surface area contributed by atoms with E-state index in [9.17, 15) is 5.11 Å². The maximum atomic E-state index is 9.24. The first kappa shape index (κ1) is 9.92. The van der Waals surface area contributed by atoms with Gasteiger partial charge in [0.2, 0.25) is 0 Å². The van der Waals surface area contributed by atoms with Crippen molar-refractivity contribution in [1.82, 2.24) is 0 Å². The third kappa shape index (κ3) is 3.18. The monoisotopic (exact) mass is 146 g/mol. The third-order valence-corrected chi connectivity index (χ3v) is 1.41. The zero-order valence-electron chi connectivity index (χ0n) is 7.35. The Morgan fingerprint density at radius 3 is 2.10 bits per heavy atom. The predicted octanol–water partition coefficient (Wildman–Crippen LogP) is 1.57. The smallest absolute Gasteiger partial charge is 0.0876 e. The van der Waals surface area contributed by atoms with Crippen molar-refractivity contribution in [2.75, 3.05) is 6.61 Å². The van der Waals surface area contributed by atoms with Crippen LogP contribution < -0.4 is 0 Å². The largest absolute Gasteiger partial charge is 0.388 e. The van der Waals surface area contributed by atoms with Crippen molar-refractivity contribution in [1.29, 1.82) is 0 Å². The lowest BCUT2D eigenvalue weighted by molar-refractivity contribution is 0.0377. The second kappa shape index (κ2) is 3.94. The molecule has 0 aromatic heterocycles. The summed E-state index contributed by atoms with van der Waals surface area (Å²) in [6.07, 6.45) is 1.01. The molecule has 62 valence electrons. The van der Waals surface area contributed by atoms with Crippen LogP contribution in [0.25, 0.3) is 0 Å². The minimum Gasteiger partial charge on any atom is -0.388 e. The minimum atomic E-state index is -0.556. The van der Waals surface area contributed by atoms with Crippen molar-refractivity contribution in [2.24, 2.45) is 0 Å². The quantitative estimate of drug-likeness (QED) is 0.562. The molecular formula is C8H18O2. The van der Waals surface area contributed by atoms with E-state index in [2.05, 4.69) is 0 Å². The van der Waals surface area contributed by atoms with Crippen LogP contribution in [0.1, 0.15) is 34.1 Å². The van der Waals surface area contributed by atoms with Crippen LogP contribution in [-0.2, 0) is 4.74 Å². The lowest BCUT2D eigenvalue weighted by atomic mass is 10.0. The van der Waals surface area contributed by atoms with Gasteiger partial charge >= 0.3 is 0 Å². The molecule has 0 aromatic rings. The van der Waals surface area contributed by atoms with E-state index in [1.165, 1.54) is 0 Å². The van der Waals surface area contributed by atoms with E-state index in [1.54, 1.807) is 6.92 Å². The molecule has 1 heterocycles. The highest BCUT2D eigenvalue weighted by Crippen LogP contribution is 2.22. The molecule has 0 radical (unpaired) electrons. The highest BCUT2D eigenvalue weighted by Gasteiger charge is 2.30. The highest BCUT2D eigenvalue weighted by atomic mass is 16.5. The van der Waals surface area contributed by atoms with Gasteiger partial charge in [-0.2, -0.15) is 0 Å². The summed E-state index contributed by atoms with van der Waals surface area (Å²) in [4.78, 5) is 0. The molecule has 2 atom stereocenters. The molecule has 2 heteroatoms. The summed E-state index contributed by atoms with van der Waals surface area (Å²) in [6, 6.07) is 0. The molecular weight excluding hydrogens is 128 g/mol. The molecule has 1 rings (SSSR count). The fraction of sp³-hybridized carbons (Fsp3) is 1.00. The van der Waals surface area contributed by atoms with Crippen LogP contribution in [0.4, 0.5) is 0 Å². The Morgan fingerprint density at radius 2 is 2.00 bits per heavy atom. The predicted molar refractivity (Wildman–Crippen MR) is 42.0 cm³/mol. The molecule has 1 saturated heterocycles. The average molecular weight is 146 g/mol. The zero-order valence-corrected chi connectivity index (χ0v) is 7.35. The Hall–Kier alpha value is -0.0800. The van der Waals surface area contributed by atoms with Gasteiger partial charge in [0.15, 0.2) is 0 Å². The molecule has 1 N–H and O–H groups in total. The summed E-state index contributed by atoms with van der Waals surface area (Å²) in [5, 5.41) is 9.24. The highest BCUT2D eigenvalue weighted by molar-refractivity contribution is 4.80. The summed E-state index contributed by atoms with van der Waals surface area (Å²) in [7, 11) is 0. The molecule has 2 nitrogen and oxygen atoms in total. The van der Waals surface area contributed by atoms with E-state index >= 15 is 0 Å². The maximum Gasteiger partial charge on any atom is 0.0876 e. The second-order valence-corrected chi connectivity index (χ2v) is 2.82. The van der Waals surface area contributed by atoms with E-state index in [-0.39, 0.29) is 6.10 Å². The molecule has 1 aliphatic rings. The molecule has 2 unspecified atom stereocenters. The van der Waals surface area contributed by atoms with Gasteiger partial charge in [-0.15, -0.1) is 0 Å². The van der Waals surface area contributed by atoms with E-state index < -0.39 is 5.60 Å². The molecule has 10 heavy (non-hydrogen) atoms. The van der Waals surface area contributed by atoms with E-state index in [1.807, 2.05) is 20.8 Å². The lowest BCUT2D eigenvalue weighted by Crippen LogP contribution is -2.23. The number of ether oxygens (including phenoxy) is 1. The van der Waals surface area contributed by atoms with Crippen LogP contribution in [0.2, 0.25) is 0 Å². The van der Waals surface area contributed by atoms with Crippen molar-refractivity contribution in [2.45, 2.75) is 45.8 Å². The first-order valence-electron chi connectivity index (χ1n) is 3.94. The molecule has 0 aromatic carbocycles. The fourth-order valence-corrected chi connectivity index (χ4v) is 1.06. The van der Waals surface area contributed by atoms with Crippen LogP contribution in [0.3, 0.4) is 0 Å². The van der Waals surface area contributed by atoms with Crippen molar-refractivity contribution in [3.05, 3.63) is 0 Å². The normalized spacial score (nSPS) is 38.7. The standard InChI is InChI=1S/C6H12O2.C2H6/c1-5-3-6(2,7)4-8-5;1-2/h5,7H,3-4H2,1-2H3;1-2H3. The van der Waals surface area contributed by atoms with Crippen molar-refractivity contribution in [3.63, 3.8) is 0 Å². The first-order chi connectivity index (χ1) is 4.60. The van der Waals surface area contributed by atoms with Gasteiger partial charge in [0.25, 0.3) is 0 Å². The summed E-state index contributed by atoms with van der Waals surface area (Å²) >= 11 is 0. The Morgan fingerprint density at radius 1 is 1.50 bits per heavy atom. The topological polar surface area (TPSA) is 29.5 Å². The van der Waals surface area contributed by atoms with Crippen LogP contribution >= 0.6 is 0 Å². The van der Waals surface area contributed by atoms with Gasteiger partial charge in [0.1, 0.15) is 0 Å². The SMILES string of the molecule is CC.CC1CC(C)(O)CO1. The molecule has 0 aliphatic carbocycles. The Kier molecular flexibility index (Phi) is 3.91. The molecule has 0 amide bonds. The van der Waals surface area contributed by atoms with Gasteiger partial charge in [-0.1, -0.05) is 13.8 Å². The van der Waals surface area contributed by atoms with Crippen molar-refractivity contribution < 1.29 is 9.84 Å². The van der Waals surface area contributed by atoms with Crippen molar-refractivity contribution >= 4 is 0 Å². The van der Waals surface area contributed by atoms with Crippen LogP contribution in [0.5, 0.6) is 0 Å². The van der Waals surface area contributed by atoms with Gasteiger partial charge in [0.05, 0.1) is 18.3 Å². The van der Waals surface area contributed by atoms with Gasteiger partial charge in [-0.25, -0.2) is 0 Å². The Labute approximate surface area is 63.2 Å². The first-order valence-corrected chi connectivity index (χ1v) is 3.94. The van der Waals surface area contributed by atoms with Gasteiger partial charge in [0, 0.05) is 6.42 Å². The van der Waals surface area contributed by atoms with Gasteiger partial charge in [-0.3, -0.25) is 0 Å². The van der Waals surface area contributed by atoms with Crippen molar-refractivity contribution in [3.8, 4) is 0 Å². The second-order valence-electron chi connectivity index (χ2n) is 2.82. The molecule has 0 saturated carbocycles. The number of aliphatic hydroxyl groups is 1. The van der Waals surface area contributed by atoms with E-state index in [4.69, 9.17) is 4.74 Å².